The maximum Gasteiger partial charge on any atom is 0.418 e. The van der Waals surface area contributed by atoms with Crippen molar-refractivity contribution in [2.75, 3.05) is 6.61 Å². The van der Waals surface area contributed by atoms with Crippen molar-refractivity contribution in [2.24, 2.45) is 0 Å². The molecule has 0 saturated heterocycles. The Morgan fingerprint density at radius 2 is 2.22 bits per heavy atom. The summed E-state index contributed by atoms with van der Waals surface area (Å²) in [5.74, 6) is -0.401. The van der Waals surface area contributed by atoms with Crippen LogP contribution < -0.4 is 0 Å². The summed E-state index contributed by atoms with van der Waals surface area (Å²) in [6, 6.07) is 4.97. The van der Waals surface area contributed by atoms with Crippen LogP contribution in [0, 0.1) is 12.7 Å². The van der Waals surface area contributed by atoms with Crippen molar-refractivity contribution in [3.05, 3.63) is 35.8 Å². The Morgan fingerprint density at radius 3 is 2.94 bits per heavy atom. The normalized spacial score (nSPS) is 10.8. The molecule has 2 aromatic rings. The first kappa shape index (κ1) is 12.6. The molecule has 96 valence electrons. The third kappa shape index (κ3) is 2.37. The predicted molar refractivity (Wildman–Crippen MR) is 68.3 cm³/mol. The maximum absolute atomic E-state index is 13.9. The molecule has 0 bridgehead atoms. The Kier molecular flexibility index (Phi) is 3.65. The zero-order chi connectivity index (χ0) is 13.1. The average molecular weight is 249 g/mol. The summed E-state index contributed by atoms with van der Waals surface area (Å²) in [4.78, 5) is 11.8. The monoisotopic (exact) mass is 249 g/mol. The highest BCUT2D eigenvalue weighted by molar-refractivity contribution is 5.90. The van der Waals surface area contributed by atoms with Gasteiger partial charge in [0, 0.05) is 11.6 Å². The third-order valence-electron chi connectivity index (χ3n) is 2.80. The molecule has 1 aromatic carbocycles. The van der Waals surface area contributed by atoms with Crippen LogP contribution in [0.25, 0.3) is 10.9 Å². The molecule has 0 atom stereocenters. The van der Waals surface area contributed by atoms with Gasteiger partial charge in [-0.2, -0.15) is 0 Å². The summed E-state index contributed by atoms with van der Waals surface area (Å²) in [5, 5.41) is 0.708. The Hall–Kier alpha value is -1.84. The fourth-order valence-electron chi connectivity index (χ4n) is 1.90. The summed E-state index contributed by atoms with van der Waals surface area (Å²) in [7, 11) is 0. The number of carbonyl (C=O) groups excluding carboxylic acids is 1. The molecule has 1 heterocycles. The summed E-state index contributed by atoms with van der Waals surface area (Å²) in [6.07, 6.45) is 2.78. The quantitative estimate of drug-likeness (QED) is 0.773. The molecule has 0 amide bonds. The lowest BCUT2D eigenvalue weighted by Crippen LogP contribution is -2.13. The van der Waals surface area contributed by atoms with Gasteiger partial charge >= 0.3 is 6.09 Å². The van der Waals surface area contributed by atoms with Crippen LogP contribution in [0.15, 0.2) is 24.4 Å². The second kappa shape index (κ2) is 5.21. The topological polar surface area (TPSA) is 31.2 Å². The van der Waals surface area contributed by atoms with Crippen LogP contribution in [0.1, 0.15) is 25.3 Å². The summed E-state index contributed by atoms with van der Waals surface area (Å²) < 4.78 is 20.2. The number of carbonyl (C=O) groups is 1. The van der Waals surface area contributed by atoms with Crippen molar-refractivity contribution >= 4 is 17.0 Å². The smallest absolute Gasteiger partial charge is 0.418 e. The molecule has 0 aliphatic rings. The molecule has 0 radical (unpaired) electrons. The number of aryl methyl sites for hydroxylation is 1. The van der Waals surface area contributed by atoms with Crippen LogP contribution in [0.4, 0.5) is 9.18 Å². The number of ether oxygens (including phenoxy) is 1. The summed E-state index contributed by atoms with van der Waals surface area (Å²) >= 11 is 0. The van der Waals surface area contributed by atoms with Gasteiger partial charge in [-0.25, -0.2) is 13.8 Å². The minimum atomic E-state index is -0.527. The lowest BCUT2D eigenvalue weighted by molar-refractivity contribution is 0.147. The van der Waals surface area contributed by atoms with E-state index in [1.165, 1.54) is 10.6 Å². The average Bonchev–Trinajstić information content (AvgIpc) is 2.73. The standard InChI is InChI=1S/C14H16FNO2/c1-3-4-7-18-14(17)16-6-5-11-8-10(2)9-12(15)13(11)16/h5-6,8-9H,3-4,7H2,1-2H3. The van der Waals surface area contributed by atoms with Crippen LogP contribution in [0.2, 0.25) is 0 Å². The van der Waals surface area contributed by atoms with Gasteiger partial charge in [-0.05, 0) is 37.1 Å². The van der Waals surface area contributed by atoms with E-state index in [0.717, 1.165) is 18.4 Å². The van der Waals surface area contributed by atoms with Gasteiger partial charge in [-0.3, -0.25) is 0 Å². The van der Waals surface area contributed by atoms with E-state index >= 15 is 0 Å². The number of fused-ring (bicyclic) bond motifs is 1. The van der Waals surface area contributed by atoms with Crippen LogP contribution >= 0.6 is 0 Å². The van der Waals surface area contributed by atoms with Crippen molar-refractivity contribution in [1.82, 2.24) is 4.57 Å². The number of halogens is 1. The van der Waals surface area contributed by atoms with Crippen LogP contribution in [0.3, 0.4) is 0 Å². The predicted octanol–water partition coefficient (Wildman–Crippen LogP) is 3.87. The van der Waals surface area contributed by atoms with Gasteiger partial charge in [-0.1, -0.05) is 13.3 Å². The Balaban J connectivity index is 2.31. The number of benzene rings is 1. The van der Waals surface area contributed by atoms with Crippen molar-refractivity contribution in [3.63, 3.8) is 0 Å². The van der Waals surface area contributed by atoms with Gasteiger partial charge in [0.1, 0.15) is 5.82 Å². The number of hydrogen-bond acceptors (Lipinski definition) is 2. The molecule has 0 unspecified atom stereocenters. The molecule has 0 fully saturated rings. The van der Waals surface area contributed by atoms with Gasteiger partial charge in [-0.15, -0.1) is 0 Å². The van der Waals surface area contributed by atoms with Crippen molar-refractivity contribution < 1.29 is 13.9 Å². The lowest BCUT2D eigenvalue weighted by atomic mass is 10.2. The Morgan fingerprint density at radius 1 is 1.44 bits per heavy atom. The minimum absolute atomic E-state index is 0.280. The minimum Gasteiger partial charge on any atom is -0.449 e. The van der Waals surface area contributed by atoms with E-state index < -0.39 is 11.9 Å². The van der Waals surface area contributed by atoms with Gasteiger partial charge < -0.3 is 4.74 Å². The molecule has 2 rings (SSSR count). The Bertz CT molecular complexity index is 574. The van der Waals surface area contributed by atoms with Crippen LogP contribution in [-0.2, 0) is 4.74 Å². The van der Waals surface area contributed by atoms with E-state index in [-0.39, 0.29) is 5.52 Å². The fourth-order valence-corrected chi connectivity index (χ4v) is 1.90. The highest BCUT2D eigenvalue weighted by atomic mass is 19.1. The number of rotatable bonds is 3. The van der Waals surface area contributed by atoms with Gasteiger partial charge in [0.25, 0.3) is 0 Å². The van der Waals surface area contributed by atoms with Crippen LogP contribution in [-0.4, -0.2) is 17.3 Å². The van der Waals surface area contributed by atoms with E-state index in [1.54, 1.807) is 12.3 Å². The second-order valence-corrected chi connectivity index (χ2v) is 4.34. The zero-order valence-electron chi connectivity index (χ0n) is 10.6. The van der Waals surface area contributed by atoms with E-state index in [1.807, 2.05) is 19.9 Å². The largest absolute Gasteiger partial charge is 0.449 e. The first-order valence-electron chi connectivity index (χ1n) is 6.08. The highest BCUT2D eigenvalue weighted by Crippen LogP contribution is 2.21. The first-order chi connectivity index (χ1) is 8.63. The summed E-state index contributed by atoms with van der Waals surface area (Å²) in [6.45, 7) is 4.20. The molecule has 3 nitrogen and oxygen atoms in total. The summed E-state index contributed by atoms with van der Waals surface area (Å²) in [5.41, 5.74) is 1.11. The molecule has 1 aromatic heterocycles. The highest BCUT2D eigenvalue weighted by Gasteiger charge is 2.13. The zero-order valence-corrected chi connectivity index (χ0v) is 10.6. The number of unbranched alkanes of at least 4 members (excludes halogenated alkanes) is 1. The van der Waals surface area contributed by atoms with Crippen LogP contribution in [0.5, 0.6) is 0 Å². The van der Waals surface area contributed by atoms with Crippen molar-refractivity contribution in [3.8, 4) is 0 Å². The number of aromatic nitrogens is 1. The van der Waals surface area contributed by atoms with Crippen molar-refractivity contribution in [2.45, 2.75) is 26.7 Å². The number of nitrogens with zero attached hydrogens (tertiary/aromatic N) is 1. The third-order valence-corrected chi connectivity index (χ3v) is 2.80. The SMILES string of the molecule is CCCCOC(=O)n1ccc2cc(C)cc(F)c21. The Labute approximate surface area is 105 Å². The van der Waals surface area contributed by atoms with Gasteiger partial charge in [0.2, 0.25) is 0 Å². The molecular formula is C14H16FNO2. The maximum atomic E-state index is 13.9. The van der Waals surface area contributed by atoms with E-state index in [0.29, 0.717) is 12.0 Å². The fraction of sp³-hybridized carbons (Fsp3) is 0.357. The number of hydrogen-bond donors (Lipinski definition) is 0. The molecule has 18 heavy (non-hydrogen) atoms. The van der Waals surface area contributed by atoms with Crippen molar-refractivity contribution in [1.29, 1.82) is 0 Å². The molecular weight excluding hydrogens is 233 g/mol. The van der Waals surface area contributed by atoms with E-state index in [9.17, 15) is 9.18 Å². The second-order valence-electron chi connectivity index (χ2n) is 4.34. The van der Waals surface area contributed by atoms with Gasteiger partial charge in [0.15, 0.2) is 0 Å². The molecule has 4 heteroatoms. The van der Waals surface area contributed by atoms with Gasteiger partial charge in [0.05, 0.1) is 12.1 Å². The van der Waals surface area contributed by atoms with E-state index in [4.69, 9.17) is 4.74 Å². The molecule has 0 spiro atoms. The molecule has 0 N–H and O–H groups in total. The first-order valence-corrected chi connectivity index (χ1v) is 6.08. The molecule has 0 saturated carbocycles. The van der Waals surface area contributed by atoms with E-state index in [2.05, 4.69) is 0 Å². The molecule has 0 aliphatic carbocycles. The molecule has 0 aliphatic heterocycles. The lowest BCUT2D eigenvalue weighted by Gasteiger charge is -2.06.